The number of carboxylic acids is 1. The number of nitrogens with one attached hydrogen (secondary N) is 1. The topological polar surface area (TPSA) is 75.6 Å². The minimum Gasteiger partial charge on any atom is -0.483 e. The van der Waals surface area contributed by atoms with E-state index in [0.29, 0.717) is 11.3 Å². The molecule has 0 saturated heterocycles. The van der Waals surface area contributed by atoms with Gasteiger partial charge in [-0.05, 0) is 6.07 Å². The molecule has 0 heterocycles. The molecule has 0 aliphatic carbocycles. The lowest BCUT2D eigenvalue weighted by Crippen LogP contribution is -2.25. The van der Waals surface area contributed by atoms with Crippen LogP contribution < -0.4 is 10.1 Å². The Hall–Kier alpha value is -2.04. The van der Waals surface area contributed by atoms with E-state index in [-0.39, 0.29) is 18.9 Å². The Morgan fingerprint density at radius 3 is 2.69 bits per heavy atom. The van der Waals surface area contributed by atoms with Gasteiger partial charge in [0.05, 0.1) is 6.42 Å². The fourth-order valence-corrected chi connectivity index (χ4v) is 1.17. The van der Waals surface area contributed by atoms with Gasteiger partial charge in [-0.1, -0.05) is 18.2 Å². The monoisotopic (exact) mass is 223 g/mol. The Kier molecular flexibility index (Phi) is 4.32. The Morgan fingerprint density at radius 1 is 1.38 bits per heavy atom. The van der Waals surface area contributed by atoms with Crippen molar-refractivity contribution < 1.29 is 19.4 Å². The van der Waals surface area contributed by atoms with Gasteiger partial charge in [-0.2, -0.15) is 0 Å². The number of ether oxygens (including phenoxy) is 1. The van der Waals surface area contributed by atoms with Crippen LogP contribution in [0, 0.1) is 0 Å². The van der Waals surface area contributed by atoms with Crippen LogP contribution in [0.15, 0.2) is 24.3 Å². The lowest BCUT2D eigenvalue weighted by atomic mass is 10.1. The summed E-state index contributed by atoms with van der Waals surface area (Å²) in [7, 11) is 1.51. The van der Waals surface area contributed by atoms with Gasteiger partial charge in [-0.15, -0.1) is 0 Å². The maximum absolute atomic E-state index is 11.0. The van der Waals surface area contributed by atoms with E-state index in [4.69, 9.17) is 9.84 Å². The summed E-state index contributed by atoms with van der Waals surface area (Å²) in [5, 5.41) is 11.1. The molecule has 5 nitrogen and oxygen atoms in total. The van der Waals surface area contributed by atoms with Crippen molar-refractivity contribution in [2.45, 2.75) is 6.42 Å². The molecule has 0 saturated carbocycles. The zero-order chi connectivity index (χ0) is 12.0. The zero-order valence-corrected chi connectivity index (χ0v) is 8.90. The number of rotatable bonds is 5. The molecule has 1 aromatic rings. The van der Waals surface area contributed by atoms with Gasteiger partial charge in [-0.3, -0.25) is 9.59 Å². The molecule has 0 fully saturated rings. The van der Waals surface area contributed by atoms with Crippen LogP contribution in [0.3, 0.4) is 0 Å². The van der Waals surface area contributed by atoms with E-state index >= 15 is 0 Å². The number of amides is 1. The molecule has 0 spiro atoms. The highest BCUT2D eigenvalue weighted by Gasteiger charge is 2.08. The Balaban J connectivity index is 2.70. The van der Waals surface area contributed by atoms with Crippen molar-refractivity contribution in [1.29, 1.82) is 0 Å². The van der Waals surface area contributed by atoms with E-state index in [1.54, 1.807) is 24.3 Å². The maximum atomic E-state index is 11.0. The van der Waals surface area contributed by atoms with Crippen LogP contribution in [-0.2, 0) is 16.0 Å². The first-order valence-electron chi connectivity index (χ1n) is 4.76. The fraction of sp³-hybridized carbons (Fsp3) is 0.273. The second kappa shape index (κ2) is 5.75. The molecule has 0 atom stereocenters. The first kappa shape index (κ1) is 12.0. The predicted molar refractivity (Wildman–Crippen MR) is 57.3 cm³/mol. The molecular formula is C11H13NO4. The Bertz CT molecular complexity index is 389. The predicted octanol–water partition coefficient (Wildman–Crippen LogP) is 0.438. The van der Waals surface area contributed by atoms with Crippen LogP contribution in [0.5, 0.6) is 5.75 Å². The summed E-state index contributed by atoms with van der Waals surface area (Å²) in [6, 6.07) is 6.75. The fourth-order valence-electron chi connectivity index (χ4n) is 1.17. The van der Waals surface area contributed by atoms with Crippen LogP contribution in [0.4, 0.5) is 0 Å². The van der Waals surface area contributed by atoms with Crippen LogP contribution in [0.25, 0.3) is 0 Å². The number of aliphatic carboxylic acids is 1. The standard InChI is InChI=1S/C11H13NO4/c1-12-10(13)7-16-9-5-3-2-4-8(9)6-11(14)15/h2-5H,6-7H2,1H3,(H,12,13)(H,14,15). The minimum absolute atomic E-state index is 0.118. The molecule has 1 amide bonds. The first-order chi connectivity index (χ1) is 7.63. The van der Waals surface area contributed by atoms with Crippen molar-refractivity contribution in [2.75, 3.05) is 13.7 Å². The summed E-state index contributed by atoms with van der Waals surface area (Å²) in [6.45, 7) is -0.118. The van der Waals surface area contributed by atoms with Crippen molar-refractivity contribution in [2.24, 2.45) is 0 Å². The summed E-state index contributed by atoms with van der Waals surface area (Å²) < 4.78 is 5.22. The number of carbonyl (C=O) groups excluding carboxylic acids is 1. The molecule has 86 valence electrons. The van der Waals surface area contributed by atoms with Gasteiger partial charge in [0.2, 0.25) is 0 Å². The highest BCUT2D eigenvalue weighted by atomic mass is 16.5. The molecule has 0 unspecified atom stereocenters. The molecule has 0 aromatic heterocycles. The Labute approximate surface area is 93.0 Å². The molecule has 0 aliphatic heterocycles. The molecule has 16 heavy (non-hydrogen) atoms. The van der Waals surface area contributed by atoms with Crippen LogP contribution >= 0.6 is 0 Å². The lowest BCUT2D eigenvalue weighted by molar-refractivity contribution is -0.136. The SMILES string of the molecule is CNC(=O)COc1ccccc1CC(=O)O. The van der Waals surface area contributed by atoms with Crippen molar-refractivity contribution in [3.05, 3.63) is 29.8 Å². The summed E-state index contributed by atoms with van der Waals surface area (Å²) >= 11 is 0. The van der Waals surface area contributed by atoms with Gasteiger partial charge in [0.1, 0.15) is 5.75 Å². The van der Waals surface area contributed by atoms with Crippen molar-refractivity contribution in [3.63, 3.8) is 0 Å². The summed E-state index contributed by atoms with van der Waals surface area (Å²) in [5.41, 5.74) is 0.555. The van der Waals surface area contributed by atoms with Gasteiger partial charge in [0.15, 0.2) is 6.61 Å². The first-order valence-corrected chi connectivity index (χ1v) is 4.76. The highest BCUT2D eigenvalue weighted by Crippen LogP contribution is 2.18. The number of carbonyl (C=O) groups is 2. The summed E-state index contributed by atoms with van der Waals surface area (Å²) in [6.07, 6.45) is -0.121. The third kappa shape index (κ3) is 3.61. The summed E-state index contributed by atoms with van der Waals surface area (Å²) in [5.74, 6) is -0.769. The summed E-state index contributed by atoms with van der Waals surface area (Å²) in [4.78, 5) is 21.5. The van der Waals surface area contributed by atoms with E-state index in [1.807, 2.05) is 0 Å². The third-order valence-corrected chi connectivity index (χ3v) is 1.95. The molecule has 0 bridgehead atoms. The van der Waals surface area contributed by atoms with Crippen LogP contribution in [0.2, 0.25) is 0 Å². The van der Waals surface area contributed by atoms with E-state index in [9.17, 15) is 9.59 Å². The average molecular weight is 223 g/mol. The van der Waals surface area contributed by atoms with Gasteiger partial charge >= 0.3 is 5.97 Å². The van der Waals surface area contributed by atoms with Crippen molar-refractivity contribution in [3.8, 4) is 5.75 Å². The van der Waals surface area contributed by atoms with E-state index < -0.39 is 5.97 Å². The number of hydrogen-bond donors (Lipinski definition) is 2. The number of para-hydroxylation sites is 1. The maximum Gasteiger partial charge on any atom is 0.307 e. The Morgan fingerprint density at radius 2 is 2.06 bits per heavy atom. The second-order valence-corrected chi connectivity index (χ2v) is 3.14. The minimum atomic E-state index is -0.934. The quantitative estimate of drug-likeness (QED) is 0.759. The lowest BCUT2D eigenvalue weighted by Gasteiger charge is -2.09. The molecule has 2 N–H and O–H groups in total. The highest BCUT2D eigenvalue weighted by molar-refractivity contribution is 5.77. The van der Waals surface area contributed by atoms with Gasteiger partial charge in [0, 0.05) is 12.6 Å². The molecule has 0 radical (unpaired) electrons. The third-order valence-electron chi connectivity index (χ3n) is 1.95. The van der Waals surface area contributed by atoms with E-state index in [0.717, 1.165) is 0 Å². The van der Waals surface area contributed by atoms with Gasteiger partial charge < -0.3 is 15.2 Å². The molecule has 0 aliphatic rings. The van der Waals surface area contributed by atoms with Crippen molar-refractivity contribution in [1.82, 2.24) is 5.32 Å². The normalized spacial score (nSPS) is 9.56. The van der Waals surface area contributed by atoms with Crippen LogP contribution in [-0.4, -0.2) is 30.6 Å². The van der Waals surface area contributed by atoms with Crippen LogP contribution in [0.1, 0.15) is 5.56 Å². The smallest absolute Gasteiger partial charge is 0.307 e. The number of likely N-dealkylation sites (N-methyl/N-ethyl adjacent to an activating group) is 1. The molecular weight excluding hydrogens is 210 g/mol. The second-order valence-electron chi connectivity index (χ2n) is 3.14. The van der Waals surface area contributed by atoms with Gasteiger partial charge in [0.25, 0.3) is 5.91 Å². The van der Waals surface area contributed by atoms with Crippen molar-refractivity contribution >= 4 is 11.9 Å². The number of benzene rings is 1. The number of hydrogen-bond acceptors (Lipinski definition) is 3. The zero-order valence-electron chi connectivity index (χ0n) is 8.90. The number of carboxylic acid groups (broad SMARTS) is 1. The molecule has 1 aromatic carbocycles. The van der Waals surface area contributed by atoms with E-state index in [2.05, 4.69) is 5.32 Å². The van der Waals surface area contributed by atoms with E-state index in [1.165, 1.54) is 7.05 Å². The van der Waals surface area contributed by atoms with Gasteiger partial charge in [-0.25, -0.2) is 0 Å². The molecule has 5 heteroatoms. The average Bonchev–Trinajstić information content (AvgIpc) is 2.26. The molecule has 1 rings (SSSR count). The largest absolute Gasteiger partial charge is 0.483 e.